The van der Waals surface area contributed by atoms with Crippen molar-refractivity contribution in [2.75, 3.05) is 11.1 Å². The fourth-order valence-corrected chi connectivity index (χ4v) is 5.60. The zero-order chi connectivity index (χ0) is 19.5. The van der Waals surface area contributed by atoms with E-state index in [2.05, 4.69) is 17.4 Å². The summed E-state index contributed by atoms with van der Waals surface area (Å²) >= 11 is 2.92. The molecule has 148 valence electrons. The molecular weight excluding hydrogens is 396 g/mol. The van der Waals surface area contributed by atoms with Crippen LogP contribution >= 0.6 is 23.1 Å². The lowest BCUT2D eigenvalue weighted by atomic mass is 10.2. The molecular formula is C19H22N4O3S2. The Morgan fingerprint density at radius 3 is 3.07 bits per heavy atom. The molecule has 0 saturated heterocycles. The molecule has 0 unspecified atom stereocenters. The van der Waals surface area contributed by atoms with Crippen molar-refractivity contribution in [2.45, 2.75) is 57.1 Å². The number of carbonyl (C=O) groups is 1. The van der Waals surface area contributed by atoms with Crippen LogP contribution in [0.1, 0.15) is 43.0 Å². The van der Waals surface area contributed by atoms with Crippen molar-refractivity contribution in [1.29, 1.82) is 0 Å². The van der Waals surface area contributed by atoms with Gasteiger partial charge in [0.05, 0.1) is 11.1 Å². The van der Waals surface area contributed by atoms with Crippen LogP contribution in [-0.2, 0) is 24.2 Å². The highest BCUT2D eigenvalue weighted by molar-refractivity contribution is 7.99. The smallest absolute Gasteiger partial charge is 0.263 e. The third-order valence-corrected chi connectivity index (χ3v) is 6.97. The molecule has 0 spiro atoms. The lowest BCUT2D eigenvalue weighted by molar-refractivity contribution is -0.113. The first-order chi connectivity index (χ1) is 13.7. The van der Waals surface area contributed by atoms with Crippen molar-refractivity contribution in [2.24, 2.45) is 0 Å². The van der Waals surface area contributed by atoms with Crippen LogP contribution in [-0.4, -0.2) is 26.4 Å². The minimum Gasteiger partial charge on any atom is -0.363 e. The molecule has 0 saturated carbocycles. The molecule has 3 aromatic rings. The molecule has 1 aliphatic carbocycles. The molecule has 3 heterocycles. The molecule has 4 rings (SSSR count). The topological polar surface area (TPSA) is 90.0 Å². The lowest BCUT2D eigenvalue weighted by Crippen LogP contribution is -2.24. The largest absolute Gasteiger partial charge is 0.363 e. The zero-order valence-electron chi connectivity index (χ0n) is 15.7. The summed E-state index contributed by atoms with van der Waals surface area (Å²) in [7, 11) is 0. The Kier molecular flexibility index (Phi) is 5.82. The monoisotopic (exact) mass is 418 g/mol. The van der Waals surface area contributed by atoms with E-state index in [0.29, 0.717) is 17.5 Å². The van der Waals surface area contributed by atoms with Crippen molar-refractivity contribution in [3.63, 3.8) is 0 Å². The Balaban J connectivity index is 1.60. The maximum atomic E-state index is 13.3. The van der Waals surface area contributed by atoms with E-state index >= 15 is 0 Å². The Labute approximate surface area is 170 Å². The third-order valence-electron chi connectivity index (χ3n) is 4.81. The van der Waals surface area contributed by atoms with Crippen LogP contribution in [0.15, 0.2) is 26.8 Å². The Morgan fingerprint density at radius 2 is 2.29 bits per heavy atom. The minimum absolute atomic E-state index is 0.0416. The van der Waals surface area contributed by atoms with Crippen LogP contribution in [0, 0.1) is 0 Å². The van der Waals surface area contributed by atoms with Gasteiger partial charge in [-0.1, -0.05) is 36.7 Å². The van der Waals surface area contributed by atoms with Crippen molar-refractivity contribution < 1.29 is 9.32 Å². The molecule has 1 N–H and O–H groups in total. The average molecular weight is 419 g/mol. The number of aryl methyl sites for hydroxylation is 2. The number of thioether (sulfide) groups is 1. The first-order valence-corrected chi connectivity index (χ1v) is 11.4. The van der Waals surface area contributed by atoms with Crippen LogP contribution < -0.4 is 10.9 Å². The van der Waals surface area contributed by atoms with Gasteiger partial charge in [0.15, 0.2) is 11.0 Å². The number of anilines is 1. The van der Waals surface area contributed by atoms with Crippen LogP contribution in [0.4, 0.5) is 5.82 Å². The van der Waals surface area contributed by atoms with Crippen molar-refractivity contribution in [1.82, 2.24) is 14.7 Å². The summed E-state index contributed by atoms with van der Waals surface area (Å²) in [6.07, 6.45) is 7.59. The van der Waals surface area contributed by atoms with Gasteiger partial charge in [-0.2, -0.15) is 0 Å². The first kappa shape index (κ1) is 19.2. The van der Waals surface area contributed by atoms with Gasteiger partial charge in [0.1, 0.15) is 11.1 Å². The van der Waals surface area contributed by atoms with Gasteiger partial charge >= 0.3 is 0 Å². The second-order valence-corrected chi connectivity index (χ2v) is 8.84. The van der Waals surface area contributed by atoms with Gasteiger partial charge in [-0.05, 0) is 31.2 Å². The molecule has 3 aromatic heterocycles. The molecule has 0 fully saturated rings. The van der Waals surface area contributed by atoms with E-state index in [1.54, 1.807) is 22.0 Å². The molecule has 0 radical (unpaired) electrons. The number of thiophene rings is 1. The van der Waals surface area contributed by atoms with E-state index in [4.69, 9.17) is 9.51 Å². The van der Waals surface area contributed by atoms with E-state index in [9.17, 15) is 9.59 Å². The maximum Gasteiger partial charge on any atom is 0.263 e. The quantitative estimate of drug-likeness (QED) is 0.339. The number of nitrogens with zero attached hydrogens (tertiary/aromatic N) is 3. The normalized spacial score (nSPS) is 13.2. The third kappa shape index (κ3) is 3.86. The first-order valence-electron chi connectivity index (χ1n) is 9.55. The van der Waals surface area contributed by atoms with E-state index in [1.807, 2.05) is 0 Å². The molecule has 0 aromatic carbocycles. The number of nitrogens with one attached hydrogen (secondary N) is 1. The van der Waals surface area contributed by atoms with E-state index in [1.165, 1.54) is 28.5 Å². The Hall–Kier alpha value is -2.13. The standard InChI is InChI=1S/C19H22N4O3S2/c1-2-3-4-9-23-18(25)16-12-6-5-7-13(12)28-17(16)21-19(23)27-11-15(24)20-14-8-10-26-22-14/h8,10H,2-7,9,11H2,1H3,(H,20,22,24). The molecule has 0 aliphatic heterocycles. The minimum atomic E-state index is -0.206. The maximum absolute atomic E-state index is 13.3. The number of hydrogen-bond acceptors (Lipinski definition) is 7. The summed E-state index contributed by atoms with van der Waals surface area (Å²) in [6.45, 7) is 2.77. The highest BCUT2D eigenvalue weighted by Gasteiger charge is 2.23. The highest BCUT2D eigenvalue weighted by atomic mass is 32.2. The van der Waals surface area contributed by atoms with Gasteiger partial charge in [-0.25, -0.2) is 4.98 Å². The van der Waals surface area contributed by atoms with Crippen LogP contribution in [0.2, 0.25) is 0 Å². The number of aromatic nitrogens is 3. The van der Waals surface area contributed by atoms with Crippen molar-refractivity contribution >= 4 is 45.0 Å². The van der Waals surface area contributed by atoms with Crippen LogP contribution in [0.25, 0.3) is 10.2 Å². The number of amides is 1. The molecule has 0 bridgehead atoms. The summed E-state index contributed by atoms with van der Waals surface area (Å²) in [6, 6.07) is 1.58. The highest BCUT2D eigenvalue weighted by Crippen LogP contribution is 2.35. The summed E-state index contributed by atoms with van der Waals surface area (Å²) in [5.74, 6) is 0.329. The van der Waals surface area contributed by atoms with Crippen LogP contribution in [0.5, 0.6) is 0 Å². The molecule has 1 amide bonds. The predicted molar refractivity (Wildman–Crippen MR) is 111 cm³/mol. The van der Waals surface area contributed by atoms with E-state index < -0.39 is 0 Å². The van der Waals surface area contributed by atoms with Gasteiger partial charge in [0.2, 0.25) is 5.91 Å². The second-order valence-electron chi connectivity index (χ2n) is 6.82. The average Bonchev–Trinajstić information content (AvgIpc) is 3.39. The Morgan fingerprint density at radius 1 is 1.39 bits per heavy atom. The fraction of sp³-hybridized carbons (Fsp3) is 0.474. The number of unbranched alkanes of at least 4 members (excludes halogenated alkanes) is 2. The molecule has 28 heavy (non-hydrogen) atoms. The van der Waals surface area contributed by atoms with Gasteiger partial charge < -0.3 is 9.84 Å². The Bertz CT molecular complexity index is 1040. The van der Waals surface area contributed by atoms with Crippen LogP contribution in [0.3, 0.4) is 0 Å². The lowest BCUT2D eigenvalue weighted by Gasteiger charge is -2.12. The van der Waals surface area contributed by atoms with Gasteiger partial charge in [-0.15, -0.1) is 11.3 Å². The number of fused-ring (bicyclic) bond motifs is 3. The molecule has 7 nitrogen and oxygen atoms in total. The molecule has 0 atom stereocenters. The van der Waals surface area contributed by atoms with Gasteiger partial charge in [0, 0.05) is 17.5 Å². The van der Waals surface area contributed by atoms with Crippen molar-refractivity contribution in [3.8, 4) is 0 Å². The van der Waals surface area contributed by atoms with E-state index in [0.717, 1.165) is 48.7 Å². The zero-order valence-corrected chi connectivity index (χ0v) is 17.3. The summed E-state index contributed by atoms with van der Waals surface area (Å²) in [5, 5.41) is 7.76. The fourth-order valence-electron chi connectivity index (χ4n) is 3.47. The second kappa shape index (κ2) is 8.48. The van der Waals surface area contributed by atoms with Gasteiger partial charge in [-0.3, -0.25) is 14.2 Å². The number of hydrogen-bond donors (Lipinski definition) is 1. The van der Waals surface area contributed by atoms with E-state index in [-0.39, 0.29) is 17.2 Å². The summed E-state index contributed by atoms with van der Waals surface area (Å²) in [4.78, 5) is 32.3. The van der Waals surface area contributed by atoms with Crippen molar-refractivity contribution in [3.05, 3.63) is 33.1 Å². The predicted octanol–water partition coefficient (Wildman–Crippen LogP) is 3.86. The summed E-state index contributed by atoms with van der Waals surface area (Å²) < 4.78 is 6.48. The molecule has 1 aliphatic rings. The number of rotatable bonds is 8. The van der Waals surface area contributed by atoms with Gasteiger partial charge in [0.25, 0.3) is 5.56 Å². The summed E-state index contributed by atoms with van der Waals surface area (Å²) in [5.41, 5.74) is 1.24. The molecule has 9 heteroatoms. The SMILES string of the molecule is CCCCCn1c(SCC(=O)Nc2ccon2)nc2sc3c(c2c1=O)CCC3. The number of carbonyl (C=O) groups excluding carboxylic acids is 1.